The van der Waals surface area contributed by atoms with E-state index in [1.54, 1.807) is 18.3 Å². The molecule has 31 heavy (non-hydrogen) atoms. The van der Waals surface area contributed by atoms with Crippen molar-refractivity contribution < 1.29 is 22.8 Å². The van der Waals surface area contributed by atoms with Crippen molar-refractivity contribution in [2.45, 2.75) is 6.18 Å². The van der Waals surface area contributed by atoms with Crippen molar-refractivity contribution in [1.29, 1.82) is 0 Å². The number of benzene rings is 1. The number of nitrogens with zero attached hydrogens (tertiary/aromatic N) is 3. The van der Waals surface area contributed by atoms with E-state index in [9.17, 15) is 22.8 Å². The average Bonchev–Trinajstić information content (AvgIpc) is 3.39. The number of nitrogens with one attached hydrogen (secondary N) is 1. The highest BCUT2D eigenvalue weighted by atomic mass is 32.1. The van der Waals surface area contributed by atoms with Gasteiger partial charge in [-0.1, -0.05) is 24.3 Å². The lowest BCUT2D eigenvalue weighted by Gasteiger charge is -2.03. The van der Waals surface area contributed by atoms with Crippen molar-refractivity contribution in [3.05, 3.63) is 69.9 Å². The quantitative estimate of drug-likeness (QED) is 0.359. The number of primary amides is 1. The first-order valence-electron chi connectivity index (χ1n) is 8.72. The zero-order chi connectivity index (χ0) is 22.2. The number of ketones is 1. The van der Waals surface area contributed by atoms with E-state index in [1.807, 2.05) is 0 Å². The third kappa shape index (κ3) is 4.21. The summed E-state index contributed by atoms with van der Waals surface area (Å²) in [6.07, 6.45) is 1.30. The van der Waals surface area contributed by atoms with Crippen LogP contribution in [0, 0.1) is 0 Å². The molecule has 1 amide bonds. The summed E-state index contributed by atoms with van der Waals surface area (Å²) in [5.41, 5.74) is 7.05. The van der Waals surface area contributed by atoms with Crippen LogP contribution in [0.5, 0.6) is 0 Å². The highest BCUT2D eigenvalue weighted by Crippen LogP contribution is 2.31. The van der Waals surface area contributed by atoms with Gasteiger partial charge < -0.3 is 10.7 Å². The Kier molecular flexibility index (Phi) is 5.11. The van der Waals surface area contributed by atoms with E-state index < -0.39 is 23.6 Å². The number of aromatic amines is 1. The Labute approximate surface area is 176 Å². The lowest BCUT2D eigenvalue weighted by Crippen LogP contribution is -2.07. The Hall–Kier alpha value is -3.86. The van der Waals surface area contributed by atoms with Gasteiger partial charge in [0.15, 0.2) is 16.3 Å². The summed E-state index contributed by atoms with van der Waals surface area (Å²) in [5, 5.41) is 0.576. The van der Waals surface area contributed by atoms with Gasteiger partial charge in [0.25, 0.3) is 0 Å². The van der Waals surface area contributed by atoms with Crippen molar-refractivity contribution in [3.63, 3.8) is 0 Å². The predicted octanol–water partition coefficient (Wildman–Crippen LogP) is 3.83. The summed E-state index contributed by atoms with van der Waals surface area (Å²) < 4.78 is 38.1. The number of rotatable bonds is 5. The third-order valence-corrected chi connectivity index (χ3v) is 5.11. The number of carbonyl (C=O) groups excluding carboxylic acids is 2. The number of nitrogens with two attached hydrogens (primary N) is 1. The van der Waals surface area contributed by atoms with Crippen LogP contribution in [0.25, 0.3) is 28.5 Å². The maximum Gasteiger partial charge on any atom is 0.434 e. The van der Waals surface area contributed by atoms with E-state index >= 15 is 0 Å². The molecule has 0 atom stereocenters. The zero-order valence-corrected chi connectivity index (χ0v) is 16.3. The van der Waals surface area contributed by atoms with Crippen LogP contribution in [0.4, 0.5) is 13.2 Å². The Bertz CT molecular complexity index is 1320. The van der Waals surface area contributed by atoms with E-state index in [0.717, 1.165) is 5.38 Å². The molecule has 4 rings (SSSR count). The summed E-state index contributed by atoms with van der Waals surface area (Å²) in [4.78, 5) is 38.5. The van der Waals surface area contributed by atoms with E-state index in [4.69, 9.17) is 5.73 Å². The van der Waals surface area contributed by atoms with Crippen LogP contribution in [0.15, 0.2) is 48.1 Å². The number of hydrogen-bond donors (Lipinski definition) is 2. The van der Waals surface area contributed by atoms with Crippen molar-refractivity contribution in [2.24, 2.45) is 5.73 Å². The smallest absolute Gasteiger partial charge is 0.366 e. The first-order chi connectivity index (χ1) is 14.7. The largest absolute Gasteiger partial charge is 0.434 e. The summed E-state index contributed by atoms with van der Waals surface area (Å²) in [5.74, 6) is -1.19. The Morgan fingerprint density at radius 1 is 1.13 bits per heavy atom. The molecule has 1 aromatic carbocycles. The van der Waals surface area contributed by atoms with Gasteiger partial charge in [0.2, 0.25) is 11.7 Å². The molecular weight excluding hydrogens is 431 g/mol. The molecule has 3 aromatic heterocycles. The van der Waals surface area contributed by atoms with Crippen molar-refractivity contribution >= 4 is 40.3 Å². The summed E-state index contributed by atoms with van der Waals surface area (Å²) in [7, 11) is 0. The van der Waals surface area contributed by atoms with Crippen LogP contribution in [0.1, 0.15) is 26.6 Å². The van der Waals surface area contributed by atoms with Crippen LogP contribution in [0.2, 0.25) is 0 Å². The van der Waals surface area contributed by atoms with Gasteiger partial charge in [-0.05, 0) is 6.08 Å². The number of fused-ring (bicyclic) bond motifs is 1. The summed E-state index contributed by atoms with van der Waals surface area (Å²) in [6, 6.07) is 6.21. The van der Waals surface area contributed by atoms with Gasteiger partial charge in [-0.3, -0.25) is 9.59 Å². The third-order valence-electron chi connectivity index (χ3n) is 4.27. The molecule has 0 unspecified atom stereocenters. The van der Waals surface area contributed by atoms with Gasteiger partial charge in [-0.25, -0.2) is 15.0 Å². The van der Waals surface area contributed by atoms with Gasteiger partial charge in [-0.2, -0.15) is 13.2 Å². The number of hydrogen-bond acceptors (Lipinski definition) is 6. The van der Waals surface area contributed by atoms with Crippen LogP contribution >= 0.6 is 11.3 Å². The van der Waals surface area contributed by atoms with Gasteiger partial charge in [-0.15, -0.1) is 11.3 Å². The van der Waals surface area contributed by atoms with E-state index in [0.29, 0.717) is 39.3 Å². The number of thiazole rings is 1. The van der Waals surface area contributed by atoms with E-state index in [1.165, 1.54) is 30.5 Å². The molecule has 0 spiro atoms. The summed E-state index contributed by atoms with van der Waals surface area (Å²) >= 11 is 0.645. The van der Waals surface area contributed by atoms with E-state index in [2.05, 4.69) is 19.9 Å². The van der Waals surface area contributed by atoms with Gasteiger partial charge >= 0.3 is 6.18 Å². The molecule has 0 radical (unpaired) electrons. The van der Waals surface area contributed by atoms with Crippen LogP contribution < -0.4 is 5.73 Å². The van der Waals surface area contributed by atoms with Crippen LogP contribution in [0.3, 0.4) is 0 Å². The normalized spacial score (nSPS) is 12.0. The number of halogens is 3. The molecule has 0 saturated carbocycles. The average molecular weight is 443 g/mol. The first-order valence-corrected chi connectivity index (χ1v) is 9.60. The summed E-state index contributed by atoms with van der Waals surface area (Å²) in [6.45, 7) is 0. The monoisotopic (exact) mass is 443 g/mol. The van der Waals surface area contributed by atoms with Gasteiger partial charge in [0, 0.05) is 34.3 Å². The second-order valence-corrected chi connectivity index (χ2v) is 7.23. The lowest BCUT2D eigenvalue weighted by molar-refractivity contribution is -0.140. The van der Waals surface area contributed by atoms with Crippen LogP contribution in [-0.4, -0.2) is 31.6 Å². The molecule has 11 heteroatoms. The second-order valence-electron chi connectivity index (χ2n) is 6.37. The van der Waals surface area contributed by atoms with Gasteiger partial charge in [0.1, 0.15) is 5.52 Å². The molecule has 156 valence electrons. The topological polar surface area (TPSA) is 115 Å². The molecule has 0 bridgehead atoms. The molecule has 0 aliphatic rings. The number of aromatic nitrogens is 4. The first kappa shape index (κ1) is 20.4. The zero-order valence-electron chi connectivity index (χ0n) is 15.5. The number of H-pyrrole nitrogens is 1. The molecule has 0 saturated heterocycles. The number of amides is 1. The van der Waals surface area contributed by atoms with Crippen molar-refractivity contribution in [3.8, 4) is 11.3 Å². The minimum atomic E-state index is -4.60. The molecule has 7 nitrogen and oxygen atoms in total. The van der Waals surface area contributed by atoms with Gasteiger partial charge in [0.05, 0.1) is 11.9 Å². The van der Waals surface area contributed by atoms with E-state index in [-0.39, 0.29) is 10.6 Å². The second kappa shape index (κ2) is 7.76. The number of carbonyl (C=O) groups is 2. The molecule has 3 heterocycles. The highest BCUT2D eigenvalue weighted by Gasteiger charge is 2.34. The fraction of sp³-hybridized carbons (Fsp3) is 0.0500. The minimum absolute atomic E-state index is 0.201. The Morgan fingerprint density at radius 3 is 2.52 bits per heavy atom. The fourth-order valence-electron chi connectivity index (χ4n) is 2.77. The maximum absolute atomic E-state index is 12.7. The Balaban J connectivity index is 1.61. The molecule has 0 fully saturated rings. The highest BCUT2D eigenvalue weighted by molar-refractivity contribution is 7.12. The standard InChI is InChI=1S/C20H12F3N5O2S/c21-20(22,23)14-9-31-19(28-14)17(30)11-3-1-10(2-4-11)13-8-26-18-16(27-13)12(7-25-18)5-6-15(24)29/h1-9H,(H2,24,29)(H,25,26)/b6-5+. The molecular formula is C20H12F3N5O2S. The molecule has 3 N–H and O–H groups in total. The Morgan fingerprint density at radius 2 is 1.87 bits per heavy atom. The maximum atomic E-state index is 12.7. The molecule has 0 aliphatic carbocycles. The lowest BCUT2D eigenvalue weighted by atomic mass is 10.1. The fourth-order valence-corrected chi connectivity index (χ4v) is 3.56. The SMILES string of the molecule is NC(=O)/C=C/c1c[nH]c2ncc(-c3ccc(C(=O)c4nc(C(F)(F)F)cs4)cc3)nc12. The van der Waals surface area contributed by atoms with Crippen molar-refractivity contribution in [2.75, 3.05) is 0 Å². The minimum Gasteiger partial charge on any atom is -0.366 e. The molecule has 0 aliphatic heterocycles. The number of alkyl halides is 3. The molecule has 4 aromatic rings. The predicted molar refractivity (Wildman–Crippen MR) is 108 cm³/mol. The van der Waals surface area contributed by atoms with Crippen LogP contribution in [-0.2, 0) is 11.0 Å². The van der Waals surface area contributed by atoms with Crippen molar-refractivity contribution in [1.82, 2.24) is 19.9 Å².